The van der Waals surface area contributed by atoms with Crippen molar-refractivity contribution >= 4 is 6.29 Å². The minimum Gasteiger partial charge on any atom is -0.487 e. The van der Waals surface area contributed by atoms with Crippen molar-refractivity contribution in [2.24, 2.45) is 0 Å². The van der Waals surface area contributed by atoms with Gasteiger partial charge < -0.3 is 4.74 Å². The molecule has 0 unspecified atom stereocenters. The number of nitrogens with zero attached hydrogens (tertiary/aromatic N) is 1. The van der Waals surface area contributed by atoms with E-state index < -0.39 is 0 Å². The molecule has 0 radical (unpaired) electrons. The Morgan fingerprint density at radius 2 is 2.06 bits per heavy atom. The quantitative estimate of drug-likeness (QED) is 0.772. The van der Waals surface area contributed by atoms with Gasteiger partial charge in [-0.05, 0) is 38.1 Å². The monoisotopic (exact) mass is 241 g/mol. The molecule has 3 nitrogen and oxygen atoms in total. The van der Waals surface area contributed by atoms with Gasteiger partial charge in [0.05, 0.1) is 11.3 Å². The summed E-state index contributed by atoms with van der Waals surface area (Å²) in [6, 6.07) is 11.3. The molecule has 0 saturated carbocycles. The van der Waals surface area contributed by atoms with Crippen LogP contribution in [0.15, 0.2) is 36.4 Å². The number of ether oxygens (including phenoxy) is 1. The van der Waals surface area contributed by atoms with Crippen LogP contribution >= 0.6 is 0 Å². The van der Waals surface area contributed by atoms with Crippen LogP contribution in [0.3, 0.4) is 0 Å². The summed E-state index contributed by atoms with van der Waals surface area (Å²) in [6.07, 6.45) is 0.812. The van der Waals surface area contributed by atoms with Gasteiger partial charge >= 0.3 is 0 Å². The molecule has 0 saturated heterocycles. The van der Waals surface area contributed by atoms with Crippen LogP contribution in [0.25, 0.3) is 0 Å². The fourth-order valence-corrected chi connectivity index (χ4v) is 1.72. The third-order valence-corrected chi connectivity index (χ3v) is 2.61. The molecule has 0 aliphatic heterocycles. The second-order valence-electron chi connectivity index (χ2n) is 4.22. The maximum atomic E-state index is 10.9. The molecule has 2 aromatic rings. The van der Waals surface area contributed by atoms with Crippen molar-refractivity contribution in [2.45, 2.75) is 20.5 Å². The number of pyridine rings is 1. The van der Waals surface area contributed by atoms with Crippen LogP contribution in [0.1, 0.15) is 27.3 Å². The SMILES string of the molecule is Cc1ccc(OCc2cccc(C)n2)c(C=O)c1. The zero-order valence-electron chi connectivity index (χ0n) is 10.5. The first-order valence-electron chi connectivity index (χ1n) is 5.80. The maximum absolute atomic E-state index is 10.9. The summed E-state index contributed by atoms with van der Waals surface area (Å²) >= 11 is 0. The highest BCUT2D eigenvalue weighted by molar-refractivity contribution is 5.79. The average Bonchev–Trinajstić information content (AvgIpc) is 2.37. The van der Waals surface area contributed by atoms with Crippen LogP contribution < -0.4 is 4.74 Å². The topological polar surface area (TPSA) is 39.2 Å². The number of aryl methyl sites for hydroxylation is 2. The zero-order valence-corrected chi connectivity index (χ0v) is 10.5. The average molecular weight is 241 g/mol. The van der Waals surface area contributed by atoms with Crippen LogP contribution in [0.2, 0.25) is 0 Å². The van der Waals surface area contributed by atoms with Crippen LogP contribution in [-0.4, -0.2) is 11.3 Å². The fourth-order valence-electron chi connectivity index (χ4n) is 1.72. The zero-order chi connectivity index (χ0) is 13.0. The first-order chi connectivity index (χ1) is 8.69. The van der Waals surface area contributed by atoms with Gasteiger partial charge in [0.2, 0.25) is 0 Å². The third kappa shape index (κ3) is 2.94. The van der Waals surface area contributed by atoms with Gasteiger partial charge in [0.25, 0.3) is 0 Å². The molecule has 0 fully saturated rings. The summed E-state index contributed by atoms with van der Waals surface area (Å²) in [4.78, 5) is 15.3. The molecule has 0 atom stereocenters. The molecule has 1 aromatic carbocycles. The molecule has 18 heavy (non-hydrogen) atoms. The van der Waals surface area contributed by atoms with Gasteiger partial charge in [-0.3, -0.25) is 9.78 Å². The molecule has 0 bridgehead atoms. The lowest BCUT2D eigenvalue weighted by Crippen LogP contribution is -2.01. The maximum Gasteiger partial charge on any atom is 0.153 e. The standard InChI is InChI=1S/C15H15NO2/c1-11-6-7-15(13(8-11)9-17)18-10-14-5-3-4-12(2)16-14/h3-9H,10H2,1-2H3. The van der Waals surface area contributed by atoms with E-state index in [9.17, 15) is 4.79 Å². The van der Waals surface area contributed by atoms with Crippen molar-refractivity contribution in [2.75, 3.05) is 0 Å². The number of carbonyl (C=O) groups excluding carboxylic acids is 1. The van der Waals surface area contributed by atoms with E-state index in [1.54, 1.807) is 0 Å². The summed E-state index contributed by atoms with van der Waals surface area (Å²) in [5, 5.41) is 0. The van der Waals surface area contributed by atoms with Gasteiger partial charge in [-0.25, -0.2) is 0 Å². The molecular weight excluding hydrogens is 226 g/mol. The van der Waals surface area contributed by atoms with Crippen molar-refractivity contribution in [1.29, 1.82) is 0 Å². The highest BCUT2D eigenvalue weighted by Crippen LogP contribution is 2.19. The van der Waals surface area contributed by atoms with Gasteiger partial charge in [-0.15, -0.1) is 0 Å². The number of benzene rings is 1. The first kappa shape index (κ1) is 12.3. The minimum absolute atomic E-state index is 0.367. The van der Waals surface area contributed by atoms with Crippen LogP contribution in [0.5, 0.6) is 5.75 Å². The lowest BCUT2D eigenvalue weighted by atomic mass is 10.1. The summed E-state index contributed by atoms with van der Waals surface area (Å²) in [5.74, 6) is 0.596. The van der Waals surface area contributed by atoms with Crippen LogP contribution in [0, 0.1) is 13.8 Å². The Morgan fingerprint density at radius 3 is 2.78 bits per heavy atom. The lowest BCUT2D eigenvalue weighted by molar-refractivity contribution is 0.111. The largest absolute Gasteiger partial charge is 0.487 e. The van der Waals surface area contributed by atoms with Crippen molar-refractivity contribution < 1.29 is 9.53 Å². The summed E-state index contributed by atoms with van der Waals surface area (Å²) in [5.41, 5.74) is 3.42. The lowest BCUT2D eigenvalue weighted by Gasteiger charge is -2.09. The number of aldehydes is 1. The second-order valence-corrected chi connectivity index (χ2v) is 4.22. The molecule has 1 heterocycles. The Balaban J connectivity index is 2.13. The highest BCUT2D eigenvalue weighted by atomic mass is 16.5. The van der Waals surface area contributed by atoms with E-state index in [0.29, 0.717) is 17.9 Å². The summed E-state index contributed by atoms with van der Waals surface area (Å²) in [6.45, 7) is 4.25. The van der Waals surface area contributed by atoms with E-state index >= 15 is 0 Å². The molecule has 0 spiro atoms. The van der Waals surface area contributed by atoms with Gasteiger partial charge in [-0.2, -0.15) is 0 Å². The molecule has 1 aromatic heterocycles. The van der Waals surface area contributed by atoms with Gasteiger partial charge in [0.1, 0.15) is 12.4 Å². The van der Waals surface area contributed by atoms with Crippen molar-refractivity contribution in [3.63, 3.8) is 0 Å². The molecule has 0 aliphatic rings. The second kappa shape index (κ2) is 5.45. The number of rotatable bonds is 4. The Hall–Kier alpha value is -2.16. The number of carbonyl (C=O) groups is 1. The highest BCUT2D eigenvalue weighted by Gasteiger charge is 2.04. The predicted molar refractivity (Wildman–Crippen MR) is 69.9 cm³/mol. The Kier molecular flexibility index (Phi) is 3.72. The Bertz CT molecular complexity index is 564. The van der Waals surface area contributed by atoms with E-state index in [4.69, 9.17) is 4.74 Å². The Morgan fingerprint density at radius 1 is 1.22 bits per heavy atom. The molecule has 3 heteroatoms. The van der Waals surface area contributed by atoms with E-state index in [1.165, 1.54) is 0 Å². The van der Waals surface area contributed by atoms with E-state index in [1.807, 2.05) is 50.2 Å². The molecule has 2 rings (SSSR count). The number of hydrogen-bond donors (Lipinski definition) is 0. The minimum atomic E-state index is 0.367. The molecule has 92 valence electrons. The van der Waals surface area contributed by atoms with Crippen LogP contribution in [-0.2, 0) is 6.61 Å². The normalized spacial score (nSPS) is 10.1. The van der Waals surface area contributed by atoms with E-state index in [-0.39, 0.29) is 0 Å². The summed E-state index contributed by atoms with van der Waals surface area (Å²) < 4.78 is 5.63. The molecule has 0 amide bonds. The predicted octanol–water partition coefficient (Wildman–Crippen LogP) is 3.09. The summed E-state index contributed by atoms with van der Waals surface area (Å²) in [7, 11) is 0. The number of aromatic nitrogens is 1. The van der Waals surface area contributed by atoms with Crippen molar-refractivity contribution in [3.8, 4) is 5.75 Å². The Labute approximate surface area is 106 Å². The fraction of sp³-hybridized carbons (Fsp3) is 0.200. The number of hydrogen-bond acceptors (Lipinski definition) is 3. The molecule has 0 N–H and O–H groups in total. The van der Waals surface area contributed by atoms with Crippen molar-refractivity contribution in [1.82, 2.24) is 4.98 Å². The van der Waals surface area contributed by atoms with E-state index in [2.05, 4.69) is 4.98 Å². The van der Waals surface area contributed by atoms with Gasteiger partial charge in [0.15, 0.2) is 6.29 Å². The first-order valence-corrected chi connectivity index (χ1v) is 5.80. The molecular formula is C15H15NO2. The van der Waals surface area contributed by atoms with E-state index in [0.717, 1.165) is 23.2 Å². The molecule has 0 aliphatic carbocycles. The van der Waals surface area contributed by atoms with Crippen LogP contribution in [0.4, 0.5) is 0 Å². The van der Waals surface area contributed by atoms with Gasteiger partial charge in [-0.1, -0.05) is 17.7 Å². The van der Waals surface area contributed by atoms with Crippen molar-refractivity contribution in [3.05, 3.63) is 58.9 Å². The third-order valence-electron chi connectivity index (χ3n) is 2.61. The van der Waals surface area contributed by atoms with Gasteiger partial charge in [0, 0.05) is 5.69 Å². The smallest absolute Gasteiger partial charge is 0.153 e.